The first-order chi connectivity index (χ1) is 50.6. The number of hydrogen-bond donors (Lipinski definition) is 0. The van der Waals surface area contributed by atoms with Crippen LogP contribution in [0.15, 0.2) is 364 Å². The molecule has 3 nitrogen and oxygen atoms in total. The topological polar surface area (TPSA) is 11.4 Å². The molecule has 0 bridgehead atoms. The van der Waals surface area contributed by atoms with Crippen LogP contribution in [0.1, 0.15) is 0 Å². The fourth-order valence-electron chi connectivity index (χ4n) is 18.1. The minimum Gasteiger partial charge on any atom is -0.310 e. The van der Waals surface area contributed by atoms with Crippen LogP contribution in [0.5, 0.6) is 0 Å². The molecule has 0 saturated carbocycles. The maximum Gasteiger partial charge on any atom is 0.252 e. The van der Waals surface area contributed by atoms with E-state index in [2.05, 4.69) is 378 Å². The Kier molecular flexibility index (Phi) is 12.3. The molecule has 0 aliphatic carbocycles. The van der Waals surface area contributed by atoms with Crippen LogP contribution in [0.2, 0.25) is 0 Å². The molecular weight excluding hydrogens is 1230 g/mol. The van der Waals surface area contributed by atoms with Crippen LogP contribution in [-0.4, -0.2) is 11.3 Å². The summed E-state index contributed by atoms with van der Waals surface area (Å²) in [5.74, 6) is 0. The van der Waals surface area contributed by atoms with Gasteiger partial charge >= 0.3 is 0 Å². The molecule has 470 valence electrons. The van der Waals surface area contributed by atoms with E-state index in [1.165, 1.54) is 103 Å². The summed E-state index contributed by atoms with van der Waals surface area (Å²) in [4.78, 5) is 5.41. The lowest BCUT2D eigenvalue weighted by Gasteiger charge is -2.46. The molecule has 0 unspecified atom stereocenters. The molecule has 2 aliphatic heterocycles. The van der Waals surface area contributed by atoms with Crippen molar-refractivity contribution in [3.8, 4) is 72.4 Å². The van der Waals surface area contributed by atoms with Gasteiger partial charge in [-0.15, -0.1) is 0 Å². The Bertz CT molecular complexity index is 6270. The van der Waals surface area contributed by atoms with Gasteiger partial charge in [-0.1, -0.05) is 328 Å². The average Bonchev–Trinajstić information content (AvgIpc) is 0.813. The number of rotatable bonds is 9. The molecular formula is C98H60BN3. The second kappa shape index (κ2) is 22.1. The molecule has 102 heavy (non-hydrogen) atoms. The first-order valence-electron chi connectivity index (χ1n) is 35.5. The van der Waals surface area contributed by atoms with Crippen molar-refractivity contribution in [1.29, 1.82) is 0 Å². The number of hydrogen-bond acceptors (Lipinski definition) is 2. The van der Waals surface area contributed by atoms with E-state index in [0.29, 0.717) is 0 Å². The summed E-state index contributed by atoms with van der Waals surface area (Å²) in [6.45, 7) is -0.251. The fraction of sp³-hybridized carbons (Fsp3) is 0. The smallest absolute Gasteiger partial charge is 0.252 e. The Morgan fingerprint density at radius 3 is 0.931 bits per heavy atom. The van der Waals surface area contributed by atoms with E-state index in [0.717, 1.165) is 106 Å². The molecule has 0 saturated heterocycles. The third kappa shape index (κ3) is 8.32. The summed E-state index contributed by atoms with van der Waals surface area (Å²) in [6, 6.07) is 138. The molecule has 19 aromatic carbocycles. The van der Waals surface area contributed by atoms with Gasteiger partial charge in [0.1, 0.15) is 0 Å². The Balaban J connectivity index is 0.920. The standard InChI is InChI=1S/C98H60BN3/c1-5-21-61(22-6-1)76-35-19-36-77(62-23-7-2-8-24-62)97(76)101-88-57-71(74-51-45-69-43-41-65-29-17-31-67-47-53-82(74)94(69)92(65)67)49-55-84(88)99-85-56-50-72(75-52-46-70-44-42-66-30-18-32-68-48-54-83(75)95(70)93(66)68)58-89(85)102(98-78(63-25-9-3-10-26-63)37-20-38-79(98)64-27-11-4-12-28-64)91-60-73(59-90(101)96(91)99)100-86-39-15-13-33-80(86)81-34-14-16-40-87(81)100/h1-60H. The van der Waals surface area contributed by atoms with Crippen LogP contribution < -0.4 is 26.2 Å². The summed E-state index contributed by atoms with van der Waals surface area (Å²) < 4.78 is 2.54. The van der Waals surface area contributed by atoms with E-state index in [9.17, 15) is 0 Å². The highest BCUT2D eigenvalue weighted by atomic mass is 15.2. The lowest BCUT2D eigenvalue weighted by atomic mass is 9.33. The van der Waals surface area contributed by atoms with Gasteiger partial charge in [0.15, 0.2) is 0 Å². The van der Waals surface area contributed by atoms with Crippen LogP contribution in [0.25, 0.3) is 159 Å². The molecule has 2 aliphatic rings. The van der Waals surface area contributed by atoms with E-state index in [4.69, 9.17) is 0 Å². The lowest BCUT2D eigenvalue weighted by Crippen LogP contribution is -2.61. The largest absolute Gasteiger partial charge is 0.310 e. The molecule has 22 rings (SSSR count). The van der Waals surface area contributed by atoms with Crippen molar-refractivity contribution < 1.29 is 0 Å². The third-order valence-corrected chi connectivity index (χ3v) is 22.4. The van der Waals surface area contributed by atoms with E-state index in [1.54, 1.807) is 0 Å². The van der Waals surface area contributed by atoms with Gasteiger partial charge in [0.05, 0.1) is 28.1 Å². The molecule has 3 heterocycles. The molecule has 0 spiro atoms. The van der Waals surface area contributed by atoms with Gasteiger partial charge in [-0.05, 0) is 162 Å². The highest BCUT2D eigenvalue weighted by Crippen LogP contribution is 2.55. The van der Waals surface area contributed by atoms with Crippen molar-refractivity contribution in [2.75, 3.05) is 9.80 Å². The van der Waals surface area contributed by atoms with E-state index >= 15 is 0 Å². The summed E-state index contributed by atoms with van der Waals surface area (Å²) >= 11 is 0. The van der Waals surface area contributed by atoms with Crippen molar-refractivity contribution in [1.82, 2.24) is 4.57 Å². The molecule has 0 atom stereocenters. The number of aromatic nitrogens is 1. The fourth-order valence-corrected chi connectivity index (χ4v) is 18.1. The molecule has 0 N–H and O–H groups in total. The molecule has 20 aromatic rings. The number of benzene rings is 19. The summed E-state index contributed by atoms with van der Waals surface area (Å²) in [5, 5.41) is 17.6. The highest BCUT2D eigenvalue weighted by molar-refractivity contribution is 7.00. The van der Waals surface area contributed by atoms with Crippen LogP contribution in [0.4, 0.5) is 34.1 Å². The predicted molar refractivity (Wildman–Crippen MR) is 435 cm³/mol. The van der Waals surface area contributed by atoms with E-state index in [-0.39, 0.29) is 6.71 Å². The third-order valence-electron chi connectivity index (χ3n) is 22.4. The first-order valence-corrected chi connectivity index (χ1v) is 35.5. The van der Waals surface area contributed by atoms with Crippen LogP contribution in [0.3, 0.4) is 0 Å². The zero-order valence-electron chi connectivity index (χ0n) is 55.6. The summed E-state index contributed by atoms with van der Waals surface area (Å²) in [5.41, 5.74) is 27.6. The van der Waals surface area contributed by atoms with Crippen molar-refractivity contribution in [3.63, 3.8) is 0 Å². The van der Waals surface area contributed by atoms with Crippen molar-refractivity contribution >= 4 is 144 Å². The second-order valence-electron chi connectivity index (χ2n) is 27.7. The molecule has 0 amide bonds. The van der Waals surface area contributed by atoms with Crippen molar-refractivity contribution in [2.24, 2.45) is 0 Å². The number of para-hydroxylation sites is 4. The minimum atomic E-state index is -0.251. The molecule has 4 heteroatoms. The SMILES string of the molecule is c1ccc(-c2cccc(-c3ccccc3)c2N2c3cc(-c4ccc5ccc6cccc7ccc4c5c67)ccc3B3c4ccc(-c5ccc6ccc7cccc8ccc5c6c78)cc4N(c4c(-c5ccccc5)cccc4-c4ccccc4)c4cc(-n5c6ccccc6c6ccccc65)cc2c43)cc1. The maximum absolute atomic E-state index is 2.70. The van der Waals surface area contributed by atoms with Crippen LogP contribution >= 0.6 is 0 Å². The van der Waals surface area contributed by atoms with Gasteiger partial charge in [0.2, 0.25) is 0 Å². The quantitative estimate of drug-likeness (QED) is 0.105. The number of fused-ring (bicyclic) bond motifs is 7. The Morgan fingerprint density at radius 1 is 0.206 bits per heavy atom. The number of anilines is 6. The lowest BCUT2D eigenvalue weighted by molar-refractivity contribution is 1.16. The van der Waals surface area contributed by atoms with Crippen molar-refractivity contribution in [2.45, 2.75) is 0 Å². The van der Waals surface area contributed by atoms with Crippen LogP contribution in [0, 0.1) is 0 Å². The van der Waals surface area contributed by atoms with Crippen molar-refractivity contribution in [3.05, 3.63) is 364 Å². The van der Waals surface area contributed by atoms with Gasteiger partial charge in [-0.2, -0.15) is 0 Å². The molecule has 1 aromatic heterocycles. The summed E-state index contributed by atoms with van der Waals surface area (Å²) in [7, 11) is 0. The van der Waals surface area contributed by atoms with Gasteiger partial charge < -0.3 is 14.4 Å². The second-order valence-corrected chi connectivity index (χ2v) is 27.7. The monoisotopic (exact) mass is 1290 g/mol. The van der Waals surface area contributed by atoms with E-state index < -0.39 is 0 Å². The average molecular weight is 1290 g/mol. The van der Waals surface area contributed by atoms with Crippen LogP contribution in [-0.2, 0) is 0 Å². The Morgan fingerprint density at radius 2 is 0.539 bits per heavy atom. The maximum atomic E-state index is 2.70. The zero-order valence-corrected chi connectivity index (χ0v) is 55.6. The van der Waals surface area contributed by atoms with Gasteiger partial charge in [-0.3, -0.25) is 0 Å². The zero-order chi connectivity index (χ0) is 66.7. The normalized spacial score (nSPS) is 12.6. The molecule has 0 radical (unpaired) electrons. The molecule has 0 fully saturated rings. The summed E-state index contributed by atoms with van der Waals surface area (Å²) in [6.07, 6.45) is 0. The first kappa shape index (κ1) is 56.7. The van der Waals surface area contributed by atoms with Gasteiger partial charge in [0.25, 0.3) is 6.71 Å². The predicted octanol–water partition coefficient (Wildman–Crippen LogP) is 24.7. The van der Waals surface area contributed by atoms with Gasteiger partial charge in [-0.25, -0.2) is 0 Å². The minimum absolute atomic E-state index is 0.251. The Hall–Kier alpha value is -13.3. The number of nitrogens with zero attached hydrogens (tertiary/aromatic N) is 3. The highest BCUT2D eigenvalue weighted by Gasteiger charge is 2.46. The Labute approximate surface area is 590 Å². The van der Waals surface area contributed by atoms with E-state index in [1.807, 2.05) is 0 Å². The van der Waals surface area contributed by atoms with Gasteiger partial charge in [0, 0.05) is 55.8 Å².